The average molecular weight is 269 g/mol. The lowest BCUT2D eigenvalue weighted by molar-refractivity contribution is -0.0955. The fourth-order valence-electron chi connectivity index (χ4n) is 3.33. The standard InChI is InChI=1S/C14H21F2N3/c1-10(2)19-8-11(7-18-19)12-13(9-17-12)3-5-14(15,16)6-4-13/h7-8,10,12,17H,3-6,9H2,1-2H3. The minimum atomic E-state index is -2.45. The molecule has 3 nitrogen and oxygen atoms in total. The maximum atomic E-state index is 13.3. The summed E-state index contributed by atoms with van der Waals surface area (Å²) in [6, 6.07) is 0.538. The molecule has 106 valence electrons. The Bertz CT molecular complexity index is 457. The molecule has 0 bridgehead atoms. The van der Waals surface area contributed by atoms with Crippen LogP contribution in [0, 0.1) is 5.41 Å². The predicted molar refractivity (Wildman–Crippen MR) is 69.2 cm³/mol. The maximum absolute atomic E-state index is 13.3. The Balaban J connectivity index is 1.75. The summed E-state index contributed by atoms with van der Waals surface area (Å²) in [5, 5.41) is 7.76. The molecule has 1 unspecified atom stereocenters. The number of rotatable bonds is 2. The van der Waals surface area contributed by atoms with Crippen LogP contribution in [0.5, 0.6) is 0 Å². The second-order valence-corrected chi connectivity index (χ2v) is 6.38. The Kier molecular flexibility index (Phi) is 2.93. The maximum Gasteiger partial charge on any atom is 0.248 e. The van der Waals surface area contributed by atoms with E-state index in [9.17, 15) is 8.78 Å². The van der Waals surface area contributed by atoms with Crippen LogP contribution < -0.4 is 5.32 Å². The second-order valence-electron chi connectivity index (χ2n) is 6.38. The summed E-state index contributed by atoms with van der Waals surface area (Å²) in [5.74, 6) is -2.45. The molecule has 1 aliphatic carbocycles. The highest BCUT2D eigenvalue weighted by Crippen LogP contribution is 2.54. The van der Waals surface area contributed by atoms with Crippen LogP contribution >= 0.6 is 0 Å². The fraction of sp³-hybridized carbons (Fsp3) is 0.786. The van der Waals surface area contributed by atoms with Crippen molar-refractivity contribution in [2.45, 2.75) is 57.5 Å². The quantitative estimate of drug-likeness (QED) is 0.892. The molecule has 1 spiro atoms. The molecule has 1 aromatic heterocycles. The van der Waals surface area contributed by atoms with Crippen molar-refractivity contribution in [2.24, 2.45) is 5.41 Å². The van der Waals surface area contributed by atoms with E-state index in [0.717, 1.165) is 12.1 Å². The van der Waals surface area contributed by atoms with Gasteiger partial charge in [-0.15, -0.1) is 0 Å². The van der Waals surface area contributed by atoms with Crippen LogP contribution in [-0.2, 0) is 0 Å². The summed E-state index contributed by atoms with van der Waals surface area (Å²) in [5.41, 5.74) is 1.18. The molecule has 0 aromatic carbocycles. The molecule has 1 atom stereocenters. The first-order valence-corrected chi connectivity index (χ1v) is 7.07. The number of nitrogens with one attached hydrogen (secondary N) is 1. The molecule has 0 amide bonds. The van der Waals surface area contributed by atoms with E-state index < -0.39 is 5.92 Å². The summed E-state index contributed by atoms with van der Waals surface area (Å²) >= 11 is 0. The minimum Gasteiger partial charge on any atom is -0.309 e. The van der Waals surface area contributed by atoms with Crippen LogP contribution in [0.3, 0.4) is 0 Å². The molecule has 5 heteroatoms. The van der Waals surface area contributed by atoms with Crippen molar-refractivity contribution >= 4 is 0 Å². The average Bonchev–Trinajstić information content (AvgIpc) is 2.77. The van der Waals surface area contributed by atoms with Crippen molar-refractivity contribution in [2.75, 3.05) is 6.54 Å². The van der Waals surface area contributed by atoms with Crippen molar-refractivity contribution in [3.8, 4) is 0 Å². The highest BCUT2D eigenvalue weighted by molar-refractivity contribution is 5.21. The van der Waals surface area contributed by atoms with Gasteiger partial charge >= 0.3 is 0 Å². The topological polar surface area (TPSA) is 29.9 Å². The normalized spacial score (nSPS) is 28.6. The Morgan fingerprint density at radius 1 is 1.32 bits per heavy atom. The van der Waals surface area contributed by atoms with Crippen molar-refractivity contribution in [1.82, 2.24) is 15.1 Å². The first-order chi connectivity index (χ1) is 8.92. The highest BCUT2D eigenvalue weighted by atomic mass is 19.3. The Hall–Kier alpha value is -0.970. The largest absolute Gasteiger partial charge is 0.309 e. The van der Waals surface area contributed by atoms with E-state index >= 15 is 0 Å². The smallest absolute Gasteiger partial charge is 0.248 e. The molecule has 2 aliphatic rings. The van der Waals surface area contributed by atoms with Crippen LogP contribution in [0.2, 0.25) is 0 Å². The first-order valence-electron chi connectivity index (χ1n) is 7.07. The van der Waals surface area contributed by atoms with Crippen molar-refractivity contribution in [3.63, 3.8) is 0 Å². The number of alkyl halides is 2. The van der Waals surface area contributed by atoms with Gasteiger partial charge in [-0.2, -0.15) is 5.10 Å². The third kappa shape index (κ3) is 2.18. The molecule has 3 rings (SSSR count). The van der Waals surface area contributed by atoms with Gasteiger partial charge in [0.25, 0.3) is 0 Å². The molecule has 2 heterocycles. The molecular weight excluding hydrogens is 248 g/mol. The number of aromatic nitrogens is 2. The lowest BCUT2D eigenvalue weighted by Crippen LogP contribution is -2.58. The zero-order chi connectivity index (χ0) is 13.7. The molecule has 0 radical (unpaired) electrons. The molecular formula is C14H21F2N3. The van der Waals surface area contributed by atoms with E-state index in [1.54, 1.807) is 0 Å². The lowest BCUT2D eigenvalue weighted by Gasteiger charge is -2.53. The van der Waals surface area contributed by atoms with E-state index in [0.29, 0.717) is 18.9 Å². The van der Waals surface area contributed by atoms with Gasteiger partial charge in [-0.1, -0.05) is 0 Å². The van der Waals surface area contributed by atoms with E-state index in [-0.39, 0.29) is 24.3 Å². The Morgan fingerprint density at radius 3 is 2.47 bits per heavy atom. The predicted octanol–water partition coefficient (Wildman–Crippen LogP) is 3.30. The minimum absolute atomic E-state index is 0.0312. The van der Waals surface area contributed by atoms with Crippen LogP contribution in [0.4, 0.5) is 8.78 Å². The lowest BCUT2D eigenvalue weighted by atomic mass is 9.62. The Labute approximate surface area is 112 Å². The molecule has 1 N–H and O–H groups in total. The van der Waals surface area contributed by atoms with Crippen molar-refractivity contribution in [3.05, 3.63) is 18.0 Å². The number of hydrogen-bond acceptors (Lipinski definition) is 2. The van der Waals surface area contributed by atoms with Gasteiger partial charge in [-0.05, 0) is 26.7 Å². The number of hydrogen-bond donors (Lipinski definition) is 1. The summed E-state index contributed by atoms with van der Waals surface area (Å²) in [6.45, 7) is 5.03. The molecule has 1 aromatic rings. The third-order valence-electron chi connectivity index (χ3n) is 4.73. The fourth-order valence-corrected chi connectivity index (χ4v) is 3.33. The third-order valence-corrected chi connectivity index (χ3v) is 4.73. The van der Waals surface area contributed by atoms with Gasteiger partial charge in [0.15, 0.2) is 0 Å². The number of halogens is 2. The zero-order valence-corrected chi connectivity index (χ0v) is 11.5. The monoisotopic (exact) mass is 269 g/mol. The molecule has 2 fully saturated rings. The van der Waals surface area contributed by atoms with E-state index in [4.69, 9.17) is 0 Å². The van der Waals surface area contributed by atoms with Gasteiger partial charge in [0.2, 0.25) is 5.92 Å². The summed E-state index contributed by atoms with van der Waals surface area (Å²) in [4.78, 5) is 0. The Morgan fingerprint density at radius 2 is 2.00 bits per heavy atom. The van der Waals surface area contributed by atoms with E-state index in [1.807, 2.05) is 10.9 Å². The molecule has 1 saturated carbocycles. The highest BCUT2D eigenvalue weighted by Gasteiger charge is 2.52. The first kappa shape index (κ1) is 13.0. The molecule has 1 saturated heterocycles. The van der Waals surface area contributed by atoms with Crippen molar-refractivity contribution < 1.29 is 8.78 Å². The van der Waals surface area contributed by atoms with Crippen LogP contribution in [-0.4, -0.2) is 22.2 Å². The van der Waals surface area contributed by atoms with E-state index in [2.05, 4.69) is 30.5 Å². The summed E-state index contributed by atoms with van der Waals surface area (Å²) < 4.78 is 28.6. The van der Waals surface area contributed by atoms with Crippen LogP contribution in [0.25, 0.3) is 0 Å². The van der Waals surface area contributed by atoms with Gasteiger partial charge in [0.05, 0.1) is 6.20 Å². The molecule has 19 heavy (non-hydrogen) atoms. The number of nitrogens with zero attached hydrogens (tertiary/aromatic N) is 2. The van der Waals surface area contributed by atoms with Crippen LogP contribution in [0.15, 0.2) is 12.4 Å². The van der Waals surface area contributed by atoms with Crippen LogP contribution in [0.1, 0.15) is 57.2 Å². The summed E-state index contributed by atoms with van der Waals surface area (Å²) in [6.07, 6.45) is 5.23. The van der Waals surface area contributed by atoms with Crippen molar-refractivity contribution in [1.29, 1.82) is 0 Å². The van der Waals surface area contributed by atoms with Gasteiger partial charge in [0.1, 0.15) is 0 Å². The van der Waals surface area contributed by atoms with Gasteiger partial charge in [-0.3, -0.25) is 4.68 Å². The second kappa shape index (κ2) is 4.27. The van der Waals surface area contributed by atoms with Gasteiger partial charge < -0.3 is 5.32 Å². The summed E-state index contributed by atoms with van der Waals surface area (Å²) in [7, 11) is 0. The molecule has 1 aliphatic heterocycles. The van der Waals surface area contributed by atoms with Gasteiger partial charge in [-0.25, -0.2) is 8.78 Å². The SMILES string of the molecule is CC(C)n1cc(C2NCC23CCC(F)(F)CC3)cn1. The zero-order valence-electron chi connectivity index (χ0n) is 11.5. The van der Waals surface area contributed by atoms with Gasteiger partial charge in [0, 0.05) is 48.6 Å². The van der Waals surface area contributed by atoms with E-state index in [1.165, 1.54) is 0 Å².